The van der Waals surface area contributed by atoms with Gasteiger partial charge in [-0.1, -0.05) is 13.8 Å². The van der Waals surface area contributed by atoms with Crippen LogP contribution in [0.5, 0.6) is 0 Å². The number of anilines is 2. The van der Waals surface area contributed by atoms with Crippen LogP contribution in [0.1, 0.15) is 55.1 Å². The molecule has 8 heteroatoms. The van der Waals surface area contributed by atoms with E-state index in [0.717, 1.165) is 35.0 Å². The summed E-state index contributed by atoms with van der Waals surface area (Å²) in [6.45, 7) is 5.23. The molecular weight excluding hydrogens is 380 g/mol. The van der Waals surface area contributed by atoms with Gasteiger partial charge in [0.1, 0.15) is 11.5 Å². The molecule has 1 saturated heterocycles. The molecule has 1 atom stereocenters. The van der Waals surface area contributed by atoms with E-state index in [1.165, 1.54) is 6.20 Å². The lowest BCUT2D eigenvalue weighted by molar-refractivity contribution is 0.102. The number of aliphatic hydroxyl groups is 1. The van der Waals surface area contributed by atoms with E-state index in [4.69, 9.17) is 0 Å². The molecule has 3 heterocycles. The van der Waals surface area contributed by atoms with E-state index in [1.807, 2.05) is 38.1 Å². The van der Waals surface area contributed by atoms with Crippen LogP contribution in [0.15, 0.2) is 30.7 Å². The molecule has 1 aromatic carbocycles. The highest BCUT2D eigenvalue weighted by molar-refractivity contribution is 6.04. The number of nitrogens with one attached hydrogen (secondary N) is 1. The van der Waals surface area contributed by atoms with Crippen molar-refractivity contribution >= 4 is 28.3 Å². The number of rotatable bonds is 4. The molecule has 0 bridgehead atoms. The smallest absolute Gasteiger partial charge is 0.275 e. The number of benzene rings is 1. The highest BCUT2D eigenvalue weighted by Crippen LogP contribution is 2.44. The molecule has 8 nitrogen and oxygen atoms in total. The normalized spacial score (nSPS) is 18.3. The van der Waals surface area contributed by atoms with Gasteiger partial charge in [-0.15, -0.1) is 0 Å². The SMILES string of the molecule is CC.Cn1cc2cc(NC(=O)c3cncc(N4CCC(O)C4)n3)c(C3CC3)cc2n1. The Labute approximate surface area is 175 Å². The van der Waals surface area contributed by atoms with Crippen LogP contribution in [0.4, 0.5) is 11.5 Å². The van der Waals surface area contributed by atoms with Crippen LogP contribution in [0.3, 0.4) is 0 Å². The first-order valence-electron chi connectivity index (χ1n) is 10.6. The fraction of sp³-hybridized carbons (Fsp3) is 0.455. The molecule has 1 aliphatic heterocycles. The molecule has 0 radical (unpaired) electrons. The number of aromatic nitrogens is 4. The molecule has 1 unspecified atom stereocenters. The Morgan fingerprint density at radius 1 is 1.20 bits per heavy atom. The van der Waals surface area contributed by atoms with Crippen molar-refractivity contribution in [1.29, 1.82) is 0 Å². The zero-order valence-corrected chi connectivity index (χ0v) is 17.7. The Balaban J connectivity index is 0.00000106. The molecule has 2 aromatic heterocycles. The summed E-state index contributed by atoms with van der Waals surface area (Å²) >= 11 is 0. The van der Waals surface area contributed by atoms with Crippen molar-refractivity contribution in [1.82, 2.24) is 19.7 Å². The number of aliphatic hydroxyl groups excluding tert-OH is 1. The van der Waals surface area contributed by atoms with Crippen molar-refractivity contribution in [2.45, 2.75) is 45.1 Å². The maximum Gasteiger partial charge on any atom is 0.275 e. The van der Waals surface area contributed by atoms with Gasteiger partial charge in [0.25, 0.3) is 5.91 Å². The van der Waals surface area contributed by atoms with Crippen LogP contribution in [0.2, 0.25) is 0 Å². The van der Waals surface area contributed by atoms with E-state index >= 15 is 0 Å². The molecule has 2 N–H and O–H groups in total. The van der Waals surface area contributed by atoms with Gasteiger partial charge < -0.3 is 15.3 Å². The van der Waals surface area contributed by atoms with E-state index in [1.54, 1.807) is 10.9 Å². The van der Waals surface area contributed by atoms with Gasteiger partial charge in [0.05, 0.1) is 24.0 Å². The van der Waals surface area contributed by atoms with E-state index < -0.39 is 0 Å². The van der Waals surface area contributed by atoms with Crippen LogP contribution >= 0.6 is 0 Å². The number of hydrogen-bond donors (Lipinski definition) is 2. The predicted molar refractivity (Wildman–Crippen MR) is 117 cm³/mol. The molecule has 1 amide bonds. The Hall–Kier alpha value is -3.00. The maximum absolute atomic E-state index is 12.9. The predicted octanol–water partition coefficient (Wildman–Crippen LogP) is 3.09. The van der Waals surface area contributed by atoms with Gasteiger partial charge in [-0.05, 0) is 42.9 Å². The van der Waals surface area contributed by atoms with Crippen molar-refractivity contribution in [2.24, 2.45) is 7.05 Å². The minimum atomic E-state index is -0.355. The van der Waals surface area contributed by atoms with Gasteiger partial charge >= 0.3 is 0 Å². The number of nitrogens with zero attached hydrogens (tertiary/aromatic N) is 5. The Kier molecular flexibility index (Phi) is 5.67. The zero-order chi connectivity index (χ0) is 21.3. The molecule has 158 valence electrons. The van der Waals surface area contributed by atoms with Gasteiger partial charge in [0, 0.05) is 37.4 Å². The number of fused-ring (bicyclic) bond motifs is 1. The minimum Gasteiger partial charge on any atom is -0.391 e. The Bertz CT molecular complexity index is 1060. The number of carbonyl (C=O) groups excluding carboxylic acids is 1. The third kappa shape index (κ3) is 4.14. The van der Waals surface area contributed by atoms with Crippen LogP contribution in [0, 0.1) is 0 Å². The zero-order valence-electron chi connectivity index (χ0n) is 17.7. The average Bonchev–Trinajstić information content (AvgIpc) is 3.40. The first-order chi connectivity index (χ1) is 14.6. The maximum atomic E-state index is 12.9. The van der Waals surface area contributed by atoms with Gasteiger partial charge in [0.15, 0.2) is 0 Å². The minimum absolute atomic E-state index is 0.270. The molecule has 2 aliphatic rings. The topological polar surface area (TPSA) is 96.2 Å². The van der Waals surface area contributed by atoms with Gasteiger partial charge in [0.2, 0.25) is 0 Å². The number of β-amino-alcohol motifs (C(OH)–C–C–N with tert-alkyl or cyclic N) is 1. The number of carbonyl (C=O) groups is 1. The van der Waals surface area contributed by atoms with Gasteiger partial charge in [-0.2, -0.15) is 5.10 Å². The van der Waals surface area contributed by atoms with Gasteiger partial charge in [-0.25, -0.2) is 4.98 Å². The first-order valence-corrected chi connectivity index (χ1v) is 10.6. The lowest BCUT2D eigenvalue weighted by atomic mass is 10.1. The second-order valence-electron chi connectivity index (χ2n) is 7.68. The third-order valence-electron chi connectivity index (χ3n) is 5.40. The fourth-order valence-corrected chi connectivity index (χ4v) is 3.81. The summed E-state index contributed by atoms with van der Waals surface area (Å²) in [5.41, 5.74) is 3.16. The lowest BCUT2D eigenvalue weighted by Gasteiger charge is -2.16. The molecule has 2 fully saturated rings. The number of aryl methyl sites for hydroxylation is 1. The first kappa shape index (κ1) is 20.3. The van der Waals surface area contributed by atoms with Crippen molar-refractivity contribution in [3.63, 3.8) is 0 Å². The summed E-state index contributed by atoms with van der Waals surface area (Å²) in [4.78, 5) is 23.5. The average molecular weight is 409 g/mol. The van der Waals surface area contributed by atoms with Crippen LogP contribution in [-0.4, -0.2) is 50.0 Å². The summed E-state index contributed by atoms with van der Waals surface area (Å²) in [6.07, 6.45) is 7.67. The molecule has 5 rings (SSSR count). The molecular formula is C22H28N6O2. The quantitative estimate of drug-likeness (QED) is 0.689. The van der Waals surface area contributed by atoms with Crippen molar-refractivity contribution in [3.8, 4) is 0 Å². The monoisotopic (exact) mass is 408 g/mol. The Morgan fingerprint density at radius 3 is 2.70 bits per heavy atom. The van der Waals surface area contributed by atoms with Crippen LogP contribution in [-0.2, 0) is 7.05 Å². The van der Waals surface area contributed by atoms with Gasteiger partial charge in [-0.3, -0.25) is 14.5 Å². The summed E-state index contributed by atoms with van der Waals surface area (Å²) in [7, 11) is 1.89. The second kappa shape index (κ2) is 8.39. The molecule has 30 heavy (non-hydrogen) atoms. The largest absolute Gasteiger partial charge is 0.391 e. The van der Waals surface area contributed by atoms with E-state index in [-0.39, 0.29) is 17.7 Å². The van der Waals surface area contributed by atoms with E-state index in [2.05, 4.69) is 26.4 Å². The van der Waals surface area contributed by atoms with Crippen molar-refractivity contribution in [2.75, 3.05) is 23.3 Å². The highest BCUT2D eigenvalue weighted by atomic mass is 16.3. The molecule has 1 saturated carbocycles. The van der Waals surface area contributed by atoms with E-state index in [9.17, 15) is 9.90 Å². The summed E-state index contributed by atoms with van der Waals surface area (Å²) in [5, 5.41) is 18.2. The molecule has 3 aromatic rings. The fourth-order valence-electron chi connectivity index (χ4n) is 3.81. The van der Waals surface area contributed by atoms with E-state index in [0.29, 0.717) is 31.2 Å². The summed E-state index contributed by atoms with van der Waals surface area (Å²) in [5.74, 6) is 0.818. The Morgan fingerprint density at radius 2 is 2.00 bits per heavy atom. The van der Waals surface area contributed by atoms with Crippen molar-refractivity contribution in [3.05, 3.63) is 42.0 Å². The summed E-state index contributed by atoms with van der Waals surface area (Å²) < 4.78 is 1.78. The van der Waals surface area contributed by atoms with Crippen LogP contribution < -0.4 is 10.2 Å². The standard InChI is InChI=1S/C20H22N6O2.C2H6/c1-25-10-13-6-17(15(12-2-3-12)7-16(13)24-25)23-20(28)18-8-21-9-19(22-18)26-5-4-14(27)11-26;1-2/h6-10,12,14,27H,2-5,11H2,1H3,(H,23,28);1-2H3. The highest BCUT2D eigenvalue weighted by Gasteiger charge is 2.28. The van der Waals surface area contributed by atoms with Crippen LogP contribution in [0.25, 0.3) is 10.9 Å². The van der Waals surface area contributed by atoms with Crippen molar-refractivity contribution < 1.29 is 9.90 Å². The number of amides is 1. The summed E-state index contributed by atoms with van der Waals surface area (Å²) in [6, 6.07) is 4.07. The second-order valence-corrected chi connectivity index (χ2v) is 7.68. The number of hydrogen-bond acceptors (Lipinski definition) is 6. The molecule has 0 spiro atoms. The lowest BCUT2D eigenvalue weighted by Crippen LogP contribution is -2.24. The molecule has 1 aliphatic carbocycles. The third-order valence-corrected chi connectivity index (χ3v) is 5.40.